The fraction of sp³-hybridized carbons (Fsp3) is 0.571. The summed E-state index contributed by atoms with van der Waals surface area (Å²) in [4.78, 5) is 6.82. The molecule has 1 aromatic rings. The quantitative estimate of drug-likeness (QED) is 0.622. The molecule has 3 N–H and O–H groups in total. The molecular weight excluding hydrogens is 224 g/mol. The van der Waals surface area contributed by atoms with E-state index in [4.69, 9.17) is 11.1 Å². The van der Waals surface area contributed by atoms with E-state index < -0.39 is 0 Å². The predicted octanol–water partition coefficient (Wildman–Crippen LogP) is 2.61. The minimum Gasteiger partial charge on any atom is -0.384 e. The lowest BCUT2D eigenvalue weighted by Crippen LogP contribution is -2.35. The lowest BCUT2D eigenvalue weighted by molar-refractivity contribution is 0.660. The molecule has 0 atom stereocenters. The number of nitrogens with two attached hydrogens (primary N) is 1. The van der Waals surface area contributed by atoms with Crippen LogP contribution in [-0.2, 0) is 0 Å². The van der Waals surface area contributed by atoms with Gasteiger partial charge in [-0.3, -0.25) is 5.41 Å². The summed E-state index contributed by atoms with van der Waals surface area (Å²) in [7, 11) is 0. The number of anilines is 1. The van der Waals surface area contributed by atoms with Crippen LogP contribution in [0.5, 0.6) is 0 Å². The van der Waals surface area contributed by atoms with Gasteiger partial charge in [-0.2, -0.15) is 0 Å². The van der Waals surface area contributed by atoms with Crippen molar-refractivity contribution in [2.75, 3.05) is 11.4 Å². The number of aromatic nitrogens is 1. The SMILES string of the molecule is CCCN(c1nc(C)cc(C)c1C(=N)N)C(C)C. The monoisotopic (exact) mass is 248 g/mol. The first-order chi connectivity index (χ1) is 8.38. The molecule has 0 unspecified atom stereocenters. The van der Waals surface area contributed by atoms with Crippen LogP contribution < -0.4 is 10.6 Å². The molecule has 100 valence electrons. The topological polar surface area (TPSA) is 66.0 Å². The molecule has 0 aromatic carbocycles. The van der Waals surface area contributed by atoms with Crippen molar-refractivity contribution in [3.05, 3.63) is 22.9 Å². The van der Waals surface area contributed by atoms with Crippen LogP contribution in [0.2, 0.25) is 0 Å². The summed E-state index contributed by atoms with van der Waals surface area (Å²) < 4.78 is 0. The maximum Gasteiger partial charge on any atom is 0.140 e. The van der Waals surface area contributed by atoms with Gasteiger partial charge in [0.1, 0.15) is 11.7 Å². The maximum atomic E-state index is 7.77. The van der Waals surface area contributed by atoms with Crippen molar-refractivity contribution in [3.63, 3.8) is 0 Å². The van der Waals surface area contributed by atoms with E-state index in [1.54, 1.807) is 0 Å². The summed E-state index contributed by atoms with van der Waals surface area (Å²) in [5.41, 5.74) is 8.47. The van der Waals surface area contributed by atoms with Gasteiger partial charge in [0, 0.05) is 18.3 Å². The molecule has 0 aliphatic heterocycles. The molecule has 0 fully saturated rings. The van der Waals surface area contributed by atoms with Gasteiger partial charge in [-0.05, 0) is 45.7 Å². The van der Waals surface area contributed by atoms with E-state index in [-0.39, 0.29) is 5.84 Å². The summed E-state index contributed by atoms with van der Waals surface area (Å²) in [6, 6.07) is 2.32. The molecule has 0 aliphatic carbocycles. The highest BCUT2D eigenvalue weighted by Gasteiger charge is 2.19. The molecule has 0 saturated carbocycles. The van der Waals surface area contributed by atoms with Crippen LogP contribution in [0.1, 0.15) is 44.0 Å². The van der Waals surface area contributed by atoms with Gasteiger partial charge in [-0.1, -0.05) is 6.92 Å². The van der Waals surface area contributed by atoms with E-state index >= 15 is 0 Å². The summed E-state index contributed by atoms with van der Waals surface area (Å²) in [6.45, 7) is 11.3. The van der Waals surface area contributed by atoms with Crippen molar-refractivity contribution in [1.29, 1.82) is 5.41 Å². The van der Waals surface area contributed by atoms with Crippen LogP contribution in [0, 0.1) is 19.3 Å². The molecule has 0 aliphatic rings. The first-order valence-electron chi connectivity index (χ1n) is 6.47. The van der Waals surface area contributed by atoms with Crippen LogP contribution in [0.4, 0.5) is 5.82 Å². The normalized spacial score (nSPS) is 10.8. The zero-order chi connectivity index (χ0) is 13.9. The van der Waals surface area contributed by atoms with Gasteiger partial charge >= 0.3 is 0 Å². The Kier molecular flexibility index (Phi) is 4.70. The van der Waals surface area contributed by atoms with Crippen LogP contribution in [0.15, 0.2) is 6.07 Å². The molecule has 0 radical (unpaired) electrons. The van der Waals surface area contributed by atoms with Crippen molar-refractivity contribution in [3.8, 4) is 0 Å². The Morgan fingerprint density at radius 1 is 1.44 bits per heavy atom. The van der Waals surface area contributed by atoms with Gasteiger partial charge in [0.05, 0.1) is 5.56 Å². The third-order valence-corrected chi connectivity index (χ3v) is 2.95. The van der Waals surface area contributed by atoms with Gasteiger partial charge in [-0.25, -0.2) is 4.98 Å². The molecule has 0 amide bonds. The van der Waals surface area contributed by atoms with Gasteiger partial charge in [0.15, 0.2) is 0 Å². The largest absolute Gasteiger partial charge is 0.384 e. The Morgan fingerprint density at radius 3 is 2.50 bits per heavy atom. The van der Waals surface area contributed by atoms with Crippen LogP contribution >= 0.6 is 0 Å². The number of pyridine rings is 1. The van der Waals surface area contributed by atoms with Gasteiger partial charge in [0.2, 0.25) is 0 Å². The fourth-order valence-electron chi connectivity index (χ4n) is 2.21. The molecule has 1 heterocycles. The van der Waals surface area contributed by atoms with Gasteiger partial charge in [0.25, 0.3) is 0 Å². The number of nitrogens with zero attached hydrogens (tertiary/aromatic N) is 2. The second-order valence-corrected chi connectivity index (χ2v) is 4.98. The van der Waals surface area contributed by atoms with Crippen molar-refractivity contribution in [2.24, 2.45) is 5.73 Å². The highest BCUT2D eigenvalue weighted by molar-refractivity contribution is 6.01. The maximum absolute atomic E-state index is 7.77. The zero-order valence-electron chi connectivity index (χ0n) is 12.0. The minimum absolute atomic E-state index is 0.0942. The van der Waals surface area contributed by atoms with Crippen LogP contribution in [-0.4, -0.2) is 23.4 Å². The van der Waals surface area contributed by atoms with E-state index in [1.807, 2.05) is 19.9 Å². The molecule has 0 bridgehead atoms. The van der Waals surface area contributed by atoms with Crippen LogP contribution in [0.3, 0.4) is 0 Å². The number of hydrogen-bond donors (Lipinski definition) is 2. The third-order valence-electron chi connectivity index (χ3n) is 2.95. The average molecular weight is 248 g/mol. The Labute approximate surface area is 110 Å². The van der Waals surface area contributed by atoms with Crippen molar-refractivity contribution >= 4 is 11.7 Å². The first kappa shape index (κ1) is 14.5. The molecule has 18 heavy (non-hydrogen) atoms. The third kappa shape index (κ3) is 3.00. The molecular formula is C14H24N4. The molecule has 1 aromatic heterocycles. The minimum atomic E-state index is 0.0942. The molecule has 0 saturated heterocycles. The van der Waals surface area contributed by atoms with Gasteiger partial charge in [-0.15, -0.1) is 0 Å². The van der Waals surface area contributed by atoms with Crippen molar-refractivity contribution in [1.82, 2.24) is 4.98 Å². The smallest absolute Gasteiger partial charge is 0.140 e. The fourth-order valence-corrected chi connectivity index (χ4v) is 2.21. The average Bonchev–Trinajstić information content (AvgIpc) is 2.23. The molecule has 4 heteroatoms. The van der Waals surface area contributed by atoms with E-state index in [0.29, 0.717) is 6.04 Å². The molecule has 4 nitrogen and oxygen atoms in total. The number of hydrogen-bond acceptors (Lipinski definition) is 3. The molecule has 0 spiro atoms. The second-order valence-electron chi connectivity index (χ2n) is 4.98. The number of aryl methyl sites for hydroxylation is 2. The standard InChI is InChI=1S/C14H24N4/c1-6-7-18(9(2)3)14-12(13(15)16)10(4)8-11(5)17-14/h8-9H,6-7H2,1-5H3,(H3,15,16). The highest BCUT2D eigenvalue weighted by atomic mass is 15.2. The summed E-state index contributed by atoms with van der Waals surface area (Å²) in [5, 5.41) is 7.77. The Balaban J connectivity index is 3.39. The Morgan fingerprint density at radius 2 is 2.06 bits per heavy atom. The number of nitrogens with one attached hydrogen (secondary N) is 1. The lowest BCUT2D eigenvalue weighted by atomic mass is 10.1. The van der Waals surface area contributed by atoms with Gasteiger partial charge < -0.3 is 10.6 Å². The Bertz CT molecular complexity index is 438. The zero-order valence-corrected chi connectivity index (χ0v) is 12.0. The second kappa shape index (κ2) is 5.85. The number of amidine groups is 1. The van der Waals surface area contributed by atoms with E-state index in [2.05, 4.69) is 30.7 Å². The number of rotatable bonds is 5. The predicted molar refractivity (Wildman–Crippen MR) is 77.5 cm³/mol. The van der Waals surface area contributed by atoms with E-state index in [1.165, 1.54) is 0 Å². The highest BCUT2D eigenvalue weighted by Crippen LogP contribution is 2.24. The lowest BCUT2D eigenvalue weighted by Gasteiger charge is -2.30. The molecule has 1 rings (SSSR count). The summed E-state index contributed by atoms with van der Waals surface area (Å²) in [5.74, 6) is 0.939. The first-order valence-corrected chi connectivity index (χ1v) is 6.47. The Hall–Kier alpha value is -1.58. The van der Waals surface area contributed by atoms with Crippen molar-refractivity contribution < 1.29 is 0 Å². The summed E-state index contributed by atoms with van der Waals surface area (Å²) >= 11 is 0. The van der Waals surface area contributed by atoms with Crippen LogP contribution in [0.25, 0.3) is 0 Å². The summed E-state index contributed by atoms with van der Waals surface area (Å²) in [6.07, 6.45) is 1.05. The van der Waals surface area contributed by atoms with Crippen molar-refractivity contribution in [2.45, 2.75) is 47.1 Å². The van der Waals surface area contributed by atoms with E-state index in [0.717, 1.165) is 35.6 Å². The van der Waals surface area contributed by atoms with E-state index in [9.17, 15) is 0 Å². The number of nitrogen functional groups attached to an aromatic ring is 1.